The minimum absolute atomic E-state index is 0. The van der Waals surface area contributed by atoms with E-state index in [1.165, 1.54) is 0 Å². The first kappa shape index (κ1) is 16.1. The number of carbonyl (C=O) groups is 2. The third kappa shape index (κ3) is 14.2. The van der Waals surface area contributed by atoms with E-state index in [1.54, 1.807) is 0 Å². The Balaban J connectivity index is 0. The molecule has 0 amide bonds. The number of aliphatic carboxylic acids is 2. The number of unbranched alkanes of at least 4 members (excludes halogenated alkanes) is 4. The smallest absolute Gasteiger partial charge is 0.303 e. The van der Waals surface area contributed by atoms with Crippen molar-refractivity contribution in [2.24, 2.45) is 0 Å². The van der Waals surface area contributed by atoms with Gasteiger partial charge in [0, 0.05) is 35.2 Å². The fourth-order valence-corrected chi connectivity index (χ4v) is 1.08. The van der Waals surface area contributed by atoms with Crippen molar-refractivity contribution in [3.8, 4) is 0 Å². The van der Waals surface area contributed by atoms with Crippen LogP contribution in [0.15, 0.2) is 0 Å². The van der Waals surface area contributed by atoms with Crippen LogP contribution in [0.5, 0.6) is 0 Å². The Labute approximate surface area is 99.2 Å². The van der Waals surface area contributed by atoms with Crippen LogP contribution in [0.4, 0.5) is 0 Å². The molecular weight excluding hydrogens is 280 g/mol. The normalized spacial score (nSPS) is 9.14. The van der Waals surface area contributed by atoms with Crippen LogP contribution in [0.2, 0.25) is 0 Å². The van der Waals surface area contributed by atoms with E-state index in [2.05, 4.69) is 0 Å². The van der Waals surface area contributed by atoms with Gasteiger partial charge < -0.3 is 10.2 Å². The maximum atomic E-state index is 10.1. The van der Waals surface area contributed by atoms with Gasteiger partial charge in [0.05, 0.1) is 0 Å². The second kappa shape index (κ2) is 10.8. The number of carboxylic acids is 2. The molecule has 0 unspecified atom stereocenters. The second-order valence-electron chi connectivity index (χ2n) is 3.06. The molecule has 0 aliphatic rings. The molecule has 0 aromatic heterocycles. The molecule has 5 heteroatoms. The van der Waals surface area contributed by atoms with Crippen molar-refractivity contribution in [3.05, 3.63) is 0 Å². The number of hydrogen-bond acceptors (Lipinski definition) is 2. The molecule has 0 spiro atoms. The molecule has 0 fully saturated rings. The van der Waals surface area contributed by atoms with Crippen LogP contribution in [0, 0.1) is 0 Å². The Bertz CT molecular complexity index is 152. The first-order chi connectivity index (χ1) is 6.13. The van der Waals surface area contributed by atoms with E-state index in [4.69, 9.17) is 10.2 Å². The molecule has 0 saturated heterocycles. The van der Waals surface area contributed by atoms with Crippen LogP contribution in [-0.2, 0) is 32.0 Å². The summed E-state index contributed by atoms with van der Waals surface area (Å²) in [5, 5.41) is 16.6. The molecular formula is C9H16AgO4. The van der Waals surface area contributed by atoms with Gasteiger partial charge in [-0.05, 0) is 12.8 Å². The molecule has 0 rings (SSSR count). The van der Waals surface area contributed by atoms with Gasteiger partial charge in [-0.2, -0.15) is 0 Å². The standard InChI is InChI=1S/C9H16O4.Ag/c10-8(11)6-4-2-1-3-5-7-9(12)13;/h1-7H2,(H,10,11)(H,12,13);. The van der Waals surface area contributed by atoms with Crippen molar-refractivity contribution in [1.82, 2.24) is 0 Å². The number of carboxylic acid groups (broad SMARTS) is 2. The van der Waals surface area contributed by atoms with Crippen molar-refractivity contribution in [2.75, 3.05) is 0 Å². The summed E-state index contributed by atoms with van der Waals surface area (Å²) < 4.78 is 0. The van der Waals surface area contributed by atoms with Gasteiger partial charge in [0.25, 0.3) is 0 Å². The fraction of sp³-hybridized carbons (Fsp3) is 0.778. The van der Waals surface area contributed by atoms with Crippen molar-refractivity contribution >= 4 is 11.9 Å². The maximum absolute atomic E-state index is 10.1. The van der Waals surface area contributed by atoms with Gasteiger partial charge in [0.15, 0.2) is 0 Å². The predicted molar refractivity (Wildman–Crippen MR) is 47.6 cm³/mol. The molecule has 0 atom stereocenters. The van der Waals surface area contributed by atoms with E-state index in [-0.39, 0.29) is 35.2 Å². The molecule has 14 heavy (non-hydrogen) atoms. The summed E-state index contributed by atoms with van der Waals surface area (Å²) in [5.74, 6) is -1.52. The van der Waals surface area contributed by atoms with E-state index in [1.807, 2.05) is 0 Å². The van der Waals surface area contributed by atoms with E-state index in [0.29, 0.717) is 12.8 Å². The van der Waals surface area contributed by atoms with Crippen molar-refractivity contribution in [2.45, 2.75) is 44.9 Å². The zero-order valence-electron chi connectivity index (χ0n) is 7.96. The second-order valence-corrected chi connectivity index (χ2v) is 3.06. The minimum atomic E-state index is -0.759. The SMILES string of the molecule is O=C(O)CCCCCCCC(=O)O.[Ag]. The average molecular weight is 296 g/mol. The predicted octanol–water partition coefficient (Wildman–Crippen LogP) is 1.88. The molecule has 0 heterocycles. The first-order valence-corrected chi connectivity index (χ1v) is 4.56. The summed E-state index contributed by atoms with van der Waals surface area (Å²) in [6.45, 7) is 0. The van der Waals surface area contributed by atoms with Gasteiger partial charge >= 0.3 is 11.9 Å². The van der Waals surface area contributed by atoms with Crippen molar-refractivity contribution < 1.29 is 42.2 Å². The van der Waals surface area contributed by atoms with Gasteiger partial charge in [-0.15, -0.1) is 0 Å². The summed E-state index contributed by atoms with van der Waals surface area (Å²) in [6.07, 6.45) is 4.53. The van der Waals surface area contributed by atoms with Gasteiger partial charge in [-0.25, -0.2) is 0 Å². The van der Waals surface area contributed by atoms with Crippen LogP contribution >= 0.6 is 0 Å². The van der Waals surface area contributed by atoms with E-state index >= 15 is 0 Å². The summed E-state index contributed by atoms with van der Waals surface area (Å²) in [4.78, 5) is 20.2. The van der Waals surface area contributed by atoms with E-state index < -0.39 is 11.9 Å². The van der Waals surface area contributed by atoms with Gasteiger partial charge in [0.1, 0.15) is 0 Å². The molecule has 0 aliphatic heterocycles. The summed E-state index contributed by atoms with van der Waals surface area (Å²) in [6, 6.07) is 0. The van der Waals surface area contributed by atoms with E-state index in [0.717, 1.165) is 19.3 Å². The Morgan fingerprint density at radius 1 is 0.714 bits per heavy atom. The Morgan fingerprint density at radius 3 is 1.29 bits per heavy atom. The minimum Gasteiger partial charge on any atom is -0.481 e. The third-order valence-corrected chi connectivity index (χ3v) is 1.78. The topological polar surface area (TPSA) is 74.6 Å². The van der Waals surface area contributed by atoms with Gasteiger partial charge in [-0.1, -0.05) is 19.3 Å². The summed E-state index contributed by atoms with van der Waals surface area (Å²) >= 11 is 0. The molecule has 0 aliphatic carbocycles. The molecule has 0 aromatic rings. The number of hydrogen-bond donors (Lipinski definition) is 2. The Hall–Kier alpha value is -0.320. The van der Waals surface area contributed by atoms with Gasteiger partial charge in [-0.3, -0.25) is 9.59 Å². The van der Waals surface area contributed by atoms with Crippen LogP contribution in [0.25, 0.3) is 0 Å². The van der Waals surface area contributed by atoms with Crippen LogP contribution in [0.1, 0.15) is 44.9 Å². The maximum Gasteiger partial charge on any atom is 0.303 e. The van der Waals surface area contributed by atoms with Crippen molar-refractivity contribution in [3.63, 3.8) is 0 Å². The monoisotopic (exact) mass is 295 g/mol. The molecule has 0 aromatic carbocycles. The number of rotatable bonds is 8. The molecule has 87 valence electrons. The molecule has 0 saturated carbocycles. The van der Waals surface area contributed by atoms with E-state index in [9.17, 15) is 9.59 Å². The van der Waals surface area contributed by atoms with Crippen LogP contribution in [0.3, 0.4) is 0 Å². The summed E-state index contributed by atoms with van der Waals surface area (Å²) in [7, 11) is 0. The Morgan fingerprint density at radius 2 is 1.00 bits per heavy atom. The summed E-state index contributed by atoms with van der Waals surface area (Å²) in [5.41, 5.74) is 0. The largest absolute Gasteiger partial charge is 0.481 e. The average Bonchev–Trinajstić information content (AvgIpc) is 2.01. The zero-order valence-corrected chi connectivity index (χ0v) is 9.44. The molecule has 1 radical (unpaired) electrons. The van der Waals surface area contributed by atoms with Crippen LogP contribution < -0.4 is 0 Å². The fourth-order valence-electron chi connectivity index (χ4n) is 1.08. The Kier molecular flexibility index (Phi) is 12.4. The van der Waals surface area contributed by atoms with Crippen LogP contribution in [-0.4, -0.2) is 22.2 Å². The quantitative estimate of drug-likeness (QED) is 0.530. The molecule has 2 N–H and O–H groups in total. The molecule has 0 bridgehead atoms. The first-order valence-electron chi connectivity index (χ1n) is 4.56. The van der Waals surface area contributed by atoms with Gasteiger partial charge in [0.2, 0.25) is 0 Å². The van der Waals surface area contributed by atoms with Crippen molar-refractivity contribution in [1.29, 1.82) is 0 Å². The zero-order chi connectivity index (χ0) is 10.1. The molecule has 4 nitrogen and oxygen atoms in total. The third-order valence-electron chi connectivity index (χ3n) is 1.78.